The van der Waals surface area contributed by atoms with Crippen molar-refractivity contribution in [2.75, 3.05) is 25.0 Å². The monoisotopic (exact) mass is 328 g/mol. The summed E-state index contributed by atoms with van der Waals surface area (Å²) in [4.78, 5) is 29.0. The van der Waals surface area contributed by atoms with Crippen LogP contribution in [0.5, 0.6) is 0 Å². The van der Waals surface area contributed by atoms with Gasteiger partial charge in [-0.25, -0.2) is 19.3 Å². The summed E-state index contributed by atoms with van der Waals surface area (Å²) >= 11 is 0. The van der Waals surface area contributed by atoms with Crippen molar-refractivity contribution < 1.29 is 9.18 Å². The molecule has 0 saturated heterocycles. The highest BCUT2D eigenvalue weighted by atomic mass is 19.1. The normalized spacial score (nSPS) is 10.8. The Morgan fingerprint density at radius 2 is 2.12 bits per heavy atom. The number of hydrogen-bond acceptors (Lipinski definition) is 5. The first-order valence-corrected chi connectivity index (χ1v) is 7.50. The first-order chi connectivity index (χ1) is 11.6. The summed E-state index contributed by atoms with van der Waals surface area (Å²) in [5.41, 5.74) is 1.81. The average Bonchev–Trinajstić information content (AvgIpc) is 3.05. The van der Waals surface area contributed by atoms with Gasteiger partial charge in [0.05, 0.1) is 12.9 Å². The van der Waals surface area contributed by atoms with Crippen LogP contribution in [-0.4, -0.2) is 46.0 Å². The fourth-order valence-corrected chi connectivity index (χ4v) is 2.43. The SMILES string of the molecule is CN(CC(=O)NCCc1ccccc1F)c1ncnc2nc[nH]c12. The Labute approximate surface area is 137 Å². The van der Waals surface area contributed by atoms with Gasteiger partial charge < -0.3 is 15.2 Å². The van der Waals surface area contributed by atoms with Crippen LogP contribution in [0, 0.1) is 5.82 Å². The van der Waals surface area contributed by atoms with Crippen LogP contribution in [0.3, 0.4) is 0 Å². The summed E-state index contributed by atoms with van der Waals surface area (Å²) in [6.45, 7) is 0.499. The third-order valence-electron chi connectivity index (χ3n) is 3.62. The van der Waals surface area contributed by atoms with E-state index in [1.165, 1.54) is 18.7 Å². The van der Waals surface area contributed by atoms with E-state index in [4.69, 9.17) is 0 Å². The number of aromatic nitrogens is 4. The molecule has 3 rings (SSSR count). The lowest BCUT2D eigenvalue weighted by Crippen LogP contribution is -2.36. The highest BCUT2D eigenvalue weighted by Gasteiger charge is 2.13. The number of H-pyrrole nitrogens is 1. The first kappa shape index (κ1) is 15.9. The topological polar surface area (TPSA) is 86.8 Å². The molecule has 0 aliphatic heterocycles. The number of fused-ring (bicyclic) bond motifs is 1. The number of rotatable bonds is 6. The fraction of sp³-hybridized carbons (Fsp3) is 0.250. The van der Waals surface area contributed by atoms with Crippen LogP contribution in [0.1, 0.15) is 5.56 Å². The molecule has 0 atom stereocenters. The number of aromatic amines is 1. The van der Waals surface area contributed by atoms with Crippen LogP contribution >= 0.6 is 0 Å². The van der Waals surface area contributed by atoms with Gasteiger partial charge in [-0.05, 0) is 18.1 Å². The van der Waals surface area contributed by atoms with Crippen molar-refractivity contribution in [1.82, 2.24) is 25.3 Å². The van der Waals surface area contributed by atoms with Gasteiger partial charge in [0.1, 0.15) is 17.7 Å². The second-order valence-corrected chi connectivity index (χ2v) is 5.35. The summed E-state index contributed by atoms with van der Waals surface area (Å²) in [7, 11) is 1.76. The van der Waals surface area contributed by atoms with Crippen LogP contribution in [0.15, 0.2) is 36.9 Å². The molecule has 0 spiro atoms. The third-order valence-corrected chi connectivity index (χ3v) is 3.62. The lowest BCUT2D eigenvalue weighted by Gasteiger charge is -2.17. The van der Waals surface area contributed by atoms with Gasteiger partial charge in [-0.2, -0.15) is 0 Å². The molecule has 124 valence electrons. The molecule has 0 bridgehead atoms. The Balaban J connectivity index is 1.55. The Kier molecular flexibility index (Phi) is 4.64. The van der Waals surface area contributed by atoms with Crippen molar-refractivity contribution >= 4 is 22.9 Å². The van der Waals surface area contributed by atoms with Gasteiger partial charge in [-0.1, -0.05) is 18.2 Å². The summed E-state index contributed by atoms with van der Waals surface area (Å²) in [5.74, 6) is 0.174. The number of anilines is 1. The van der Waals surface area contributed by atoms with Gasteiger partial charge in [0.25, 0.3) is 0 Å². The lowest BCUT2D eigenvalue weighted by atomic mass is 10.1. The van der Waals surface area contributed by atoms with Crippen molar-refractivity contribution in [1.29, 1.82) is 0 Å². The van der Waals surface area contributed by atoms with E-state index in [-0.39, 0.29) is 18.3 Å². The number of likely N-dealkylation sites (N-methyl/N-ethyl adjacent to an activating group) is 1. The molecule has 0 aliphatic rings. The molecular weight excluding hydrogens is 311 g/mol. The molecule has 1 aromatic carbocycles. The summed E-state index contributed by atoms with van der Waals surface area (Å²) in [6, 6.07) is 6.54. The predicted octanol–water partition coefficient (Wildman–Crippen LogP) is 1.29. The highest BCUT2D eigenvalue weighted by Crippen LogP contribution is 2.17. The zero-order valence-electron chi connectivity index (χ0n) is 13.2. The van der Waals surface area contributed by atoms with E-state index in [0.717, 1.165) is 0 Å². The molecule has 3 aromatic rings. The Morgan fingerprint density at radius 1 is 1.29 bits per heavy atom. The maximum Gasteiger partial charge on any atom is 0.239 e. The van der Waals surface area contributed by atoms with Crippen LogP contribution < -0.4 is 10.2 Å². The molecule has 2 N–H and O–H groups in total. The van der Waals surface area contributed by atoms with Crippen LogP contribution in [-0.2, 0) is 11.2 Å². The van der Waals surface area contributed by atoms with Gasteiger partial charge in [0, 0.05) is 13.6 Å². The molecule has 2 aromatic heterocycles. The minimum Gasteiger partial charge on any atom is -0.354 e. The molecule has 0 radical (unpaired) electrons. The molecule has 7 nitrogen and oxygen atoms in total. The minimum atomic E-state index is -0.258. The second kappa shape index (κ2) is 7.03. The summed E-state index contributed by atoms with van der Waals surface area (Å²) in [6.07, 6.45) is 3.39. The third kappa shape index (κ3) is 3.48. The number of benzene rings is 1. The van der Waals surface area contributed by atoms with Gasteiger partial charge >= 0.3 is 0 Å². The summed E-state index contributed by atoms with van der Waals surface area (Å²) in [5, 5.41) is 2.78. The number of carbonyl (C=O) groups excluding carboxylic acids is 1. The van der Waals surface area contributed by atoms with Gasteiger partial charge in [0.2, 0.25) is 5.91 Å². The number of imidazole rings is 1. The zero-order chi connectivity index (χ0) is 16.9. The highest BCUT2D eigenvalue weighted by molar-refractivity contribution is 5.86. The van der Waals surface area contributed by atoms with Gasteiger partial charge in [0.15, 0.2) is 11.5 Å². The Bertz CT molecular complexity index is 849. The van der Waals surface area contributed by atoms with Crippen molar-refractivity contribution in [2.45, 2.75) is 6.42 Å². The van der Waals surface area contributed by atoms with Crippen LogP contribution in [0.25, 0.3) is 11.2 Å². The van der Waals surface area contributed by atoms with E-state index in [1.807, 2.05) is 0 Å². The largest absolute Gasteiger partial charge is 0.354 e. The number of nitrogens with one attached hydrogen (secondary N) is 2. The number of nitrogens with zero attached hydrogens (tertiary/aromatic N) is 4. The van der Waals surface area contributed by atoms with Crippen molar-refractivity contribution in [3.8, 4) is 0 Å². The zero-order valence-corrected chi connectivity index (χ0v) is 13.2. The first-order valence-electron chi connectivity index (χ1n) is 7.50. The number of carbonyl (C=O) groups is 1. The quantitative estimate of drug-likeness (QED) is 0.712. The average molecular weight is 328 g/mol. The van der Waals surface area contributed by atoms with Crippen LogP contribution in [0.2, 0.25) is 0 Å². The molecule has 24 heavy (non-hydrogen) atoms. The van der Waals surface area contributed by atoms with Crippen molar-refractivity contribution in [3.05, 3.63) is 48.3 Å². The van der Waals surface area contributed by atoms with E-state index in [9.17, 15) is 9.18 Å². The van der Waals surface area contributed by atoms with Gasteiger partial charge in [-0.15, -0.1) is 0 Å². The maximum atomic E-state index is 13.5. The fourth-order valence-electron chi connectivity index (χ4n) is 2.43. The molecule has 8 heteroatoms. The van der Waals surface area contributed by atoms with E-state index in [1.54, 1.807) is 30.1 Å². The molecule has 2 heterocycles. The predicted molar refractivity (Wildman–Crippen MR) is 88.1 cm³/mol. The maximum absolute atomic E-state index is 13.5. The van der Waals surface area contributed by atoms with Crippen LogP contribution in [0.4, 0.5) is 10.2 Å². The van der Waals surface area contributed by atoms with E-state index >= 15 is 0 Å². The standard InChI is InChI=1S/C16H17FN6O/c1-23(16-14-15(20-9-19-14)21-10-22-16)8-13(24)18-7-6-11-4-2-3-5-12(11)17/h2-5,9-10H,6-8H2,1H3,(H,18,24)(H,19,20,21,22). The Morgan fingerprint density at radius 3 is 2.96 bits per heavy atom. The molecule has 0 fully saturated rings. The van der Waals surface area contributed by atoms with E-state index < -0.39 is 0 Å². The van der Waals surface area contributed by atoms with Crippen molar-refractivity contribution in [3.63, 3.8) is 0 Å². The summed E-state index contributed by atoms with van der Waals surface area (Å²) < 4.78 is 13.5. The minimum absolute atomic E-state index is 0.127. The molecule has 1 amide bonds. The van der Waals surface area contributed by atoms with E-state index in [2.05, 4.69) is 25.3 Å². The molecule has 0 saturated carbocycles. The molecule has 0 unspecified atom stereocenters. The van der Waals surface area contributed by atoms with Gasteiger partial charge in [-0.3, -0.25) is 4.79 Å². The Hall–Kier alpha value is -3.03. The van der Waals surface area contributed by atoms with Crippen molar-refractivity contribution in [2.24, 2.45) is 0 Å². The lowest BCUT2D eigenvalue weighted by molar-refractivity contribution is -0.119. The smallest absolute Gasteiger partial charge is 0.239 e. The number of amides is 1. The number of hydrogen-bond donors (Lipinski definition) is 2. The number of halogens is 1. The second-order valence-electron chi connectivity index (χ2n) is 5.35. The van der Waals surface area contributed by atoms with E-state index in [0.29, 0.717) is 35.5 Å². The molecular formula is C16H17FN6O. The molecule has 0 aliphatic carbocycles.